The van der Waals surface area contributed by atoms with E-state index < -0.39 is 0 Å². The Morgan fingerprint density at radius 2 is 2.20 bits per heavy atom. The van der Waals surface area contributed by atoms with Crippen molar-refractivity contribution in [1.29, 1.82) is 0 Å². The van der Waals surface area contributed by atoms with Crippen molar-refractivity contribution in [2.45, 2.75) is 26.2 Å². The highest BCUT2D eigenvalue weighted by molar-refractivity contribution is 5.73. The first-order chi connectivity index (χ1) is 7.29. The number of hydrogen-bond donors (Lipinski definition) is 1. The molecule has 2 rings (SSSR count). The van der Waals surface area contributed by atoms with E-state index in [4.69, 9.17) is 10.2 Å². The van der Waals surface area contributed by atoms with Gasteiger partial charge in [0.1, 0.15) is 5.52 Å². The predicted octanol–water partition coefficient (Wildman–Crippen LogP) is 2.42. The van der Waals surface area contributed by atoms with Crippen molar-refractivity contribution in [3.8, 4) is 0 Å². The largest absolute Gasteiger partial charge is 0.441 e. The number of nitrogens with two attached hydrogens (primary N) is 1. The van der Waals surface area contributed by atoms with Gasteiger partial charge in [0.05, 0.1) is 0 Å². The minimum Gasteiger partial charge on any atom is -0.441 e. The molecule has 0 aliphatic heterocycles. The number of aromatic nitrogens is 1. The Labute approximate surface area is 89.3 Å². The Morgan fingerprint density at radius 1 is 1.33 bits per heavy atom. The molecule has 80 valence electrons. The second-order valence-electron chi connectivity index (χ2n) is 3.82. The summed E-state index contributed by atoms with van der Waals surface area (Å²) in [5, 5.41) is 0. The van der Waals surface area contributed by atoms with Crippen LogP contribution in [0.15, 0.2) is 22.6 Å². The first kappa shape index (κ1) is 10.2. The minimum atomic E-state index is 0.735. The summed E-state index contributed by atoms with van der Waals surface area (Å²) in [6.07, 6.45) is 2.95. The second-order valence-corrected chi connectivity index (χ2v) is 3.82. The Balaban J connectivity index is 2.16. The van der Waals surface area contributed by atoms with Gasteiger partial charge in [0.25, 0.3) is 0 Å². The molecule has 15 heavy (non-hydrogen) atoms. The van der Waals surface area contributed by atoms with Gasteiger partial charge >= 0.3 is 0 Å². The van der Waals surface area contributed by atoms with Crippen LogP contribution in [0.25, 0.3) is 11.1 Å². The van der Waals surface area contributed by atoms with Gasteiger partial charge in [-0.05, 0) is 44.0 Å². The van der Waals surface area contributed by atoms with E-state index in [0.29, 0.717) is 0 Å². The number of benzene rings is 1. The molecule has 0 fully saturated rings. The first-order valence-electron chi connectivity index (χ1n) is 5.36. The number of nitrogens with zero attached hydrogens (tertiary/aromatic N) is 1. The van der Waals surface area contributed by atoms with Crippen molar-refractivity contribution in [2.75, 3.05) is 6.54 Å². The van der Waals surface area contributed by atoms with Gasteiger partial charge in [0.15, 0.2) is 11.5 Å². The maximum absolute atomic E-state index is 5.62. The quantitative estimate of drug-likeness (QED) is 0.778. The summed E-state index contributed by atoms with van der Waals surface area (Å²) in [7, 11) is 0. The molecule has 0 atom stereocenters. The second kappa shape index (κ2) is 4.45. The van der Waals surface area contributed by atoms with Crippen molar-refractivity contribution in [2.24, 2.45) is 5.73 Å². The zero-order valence-electron chi connectivity index (χ0n) is 8.99. The maximum Gasteiger partial charge on any atom is 0.195 e. The van der Waals surface area contributed by atoms with Crippen LogP contribution in [-0.4, -0.2) is 11.5 Å². The van der Waals surface area contributed by atoms with Crippen LogP contribution < -0.4 is 5.73 Å². The van der Waals surface area contributed by atoms with E-state index in [1.54, 1.807) is 0 Å². The number of unbranched alkanes of at least 4 members (excludes halogenated alkanes) is 1. The SMILES string of the molecule is Cc1ccc2oc(CCCCN)nc2c1. The minimum absolute atomic E-state index is 0.735. The lowest BCUT2D eigenvalue weighted by atomic mass is 10.2. The molecule has 1 heterocycles. The lowest BCUT2D eigenvalue weighted by Gasteiger charge is -1.92. The van der Waals surface area contributed by atoms with E-state index in [-0.39, 0.29) is 0 Å². The molecule has 0 radical (unpaired) electrons. The molecule has 1 aromatic heterocycles. The van der Waals surface area contributed by atoms with Gasteiger partial charge in [-0.3, -0.25) is 0 Å². The van der Waals surface area contributed by atoms with Crippen molar-refractivity contribution in [3.05, 3.63) is 29.7 Å². The zero-order chi connectivity index (χ0) is 10.7. The fourth-order valence-electron chi connectivity index (χ4n) is 1.61. The average molecular weight is 204 g/mol. The predicted molar refractivity (Wildman–Crippen MR) is 60.7 cm³/mol. The smallest absolute Gasteiger partial charge is 0.195 e. The molecule has 3 heteroatoms. The average Bonchev–Trinajstić information content (AvgIpc) is 2.60. The molecule has 0 amide bonds. The molecule has 1 aromatic carbocycles. The molecule has 3 nitrogen and oxygen atoms in total. The van der Waals surface area contributed by atoms with Crippen LogP contribution in [0, 0.1) is 6.92 Å². The lowest BCUT2D eigenvalue weighted by Crippen LogP contribution is -1.98. The summed E-state index contributed by atoms with van der Waals surface area (Å²) in [6.45, 7) is 2.79. The van der Waals surface area contributed by atoms with Gasteiger partial charge in [0, 0.05) is 6.42 Å². The molecule has 0 aliphatic carbocycles. The Kier molecular flexibility index (Phi) is 3.02. The molecular formula is C12H16N2O. The Morgan fingerprint density at radius 3 is 3.00 bits per heavy atom. The summed E-state index contributed by atoms with van der Waals surface area (Å²) >= 11 is 0. The van der Waals surface area contributed by atoms with Crippen LogP contribution in [-0.2, 0) is 6.42 Å². The van der Waals surface area contributed by atoms with E-state index >= 15 is 0 Å². The highest BCUT2D eigenvalue weighted by atomic mass is 16.3. The summed E-state index contributed by atoms with van der Waals surface area (Å²) in [4.78, 5) is 4.44. The first-order valence-corrected chi connectivity index (χ1v) is 5.36. The van der Waals surface area contributed by atoms with Crippen LogP contribution in [0.2, 0.25) is 0 Å². The van der Waals surface area contributed by atoms with Crippen molar-refractivity contribution in [1.82, 2.24) is 4.98 Å². The summed E-state index contributed by atoms with van der Waals surface area (Å²) in [5.74, 6) is 0.823. The number of aryl methyl sites for hydroxylation is 2. The molecule has 0 saturated carbocycles. The van der Waals surface area contributed by atoms with E-state index in [9.17, 15) is 0 Å². The van der Waals surface area contributed by atoms with Gasteiger partial charge in [-0.1, -0.05) is 6.07 Å². The van der Waals surface area contributed by atoms with Gasteiger partial charge in [-0.2, -0.15) is 0 Å². The summed E-state index contributed by atoms with van der Waals surface area (Å²) < 4.78 is 5.62. The van der Waals surface area contributed by atoms with Crippen molar-refractivity contribution in [3.63, 3.8) is 0 Å². The molecule has 2 aromatic rings. The van der Waals surface area contributed by atoms with E-state index in [1.807, 2.05) is 18.2 Å². The van der Waals surface area contributed by atoms with Crippen molar-refractivity contribution >= 4 is 11.1 Å². The summed E-state index contributed by atoms with van der Waals surface area (Å²) in [5.41, 5.74) is 8.48. The van der Waals surface area contributed by atoms with Gasteiger partial charge in [-0.15, -0.1) is 0 Å². The monoisotopic (exact) mass is 204 g/mol. The molecule has 2 N–H and O–H groups in total. The Bertz CT molecular complexity index is 448. The van der Waals surface area contributed by atoms with E-state index in [1.165, 1.54) is 5.56 Å². The van der Waals surface area contributed by atoms with Gasteiger partial charge in [-0.25, -0.2) is 4.98 Å². The highest BCUT2D eigenvalue weighted by Gasteiger charge is 2.04. The van der Waals surface area contributed by atoms with Crippen LogP contribution in [0.1, 0.15) is 24.3 Å². The number of oxazole rings is 1. The topological polar surface area (TPSA) is 52.0 Å². The molecule has 0 aliphatic rings. The fourth-order valence-corrected chi connectivity index (χ4v) is 1.61. The maximum atomic E-state index is 5.62. The third kappa shape index (κ3) is 2.36. The van der Waals surface area contributed by atoms with Crippen LogP contribution in [0.3, 0.4) is 0 Å². The van der Waals surface area contributed by atoms with Crippen LogP contribution in [0.5, 0.6) is 0 Å². The normalized spacial score (nSPS) is 11.1. The molecule has 0 bridgehead atoms. The van der Waals surface area contributed by atoms with Crippen LogP contribution >= 0.6 is 0 Å². The van der Waals surface area contributed by atoms with E-state index in [2.05, 4.69) is 11.9 Å². The molecule has 0 unspecified atom stereocenters. The van der Waals surface area contributed by atoms with E-state index in [0.717, 1.165) is 42.8 Å². The van der Waals surface area contributed by atoms with Crippen molar-refractivity contribution < 1.29 is 4.42 Å². The van der Waals surface area contributed by atoms with Crippen LogP contribution in [0.4, 0.5) is 0 Å². The van der Waals surface area contributed by atoms with Gasteiger partial charge in [0.2, 0.25) is 0 Å². The molecule has 0 saturated heterocycles. The molecular weight excluding hydrogens is 188 g/mol. The fraction of sp³-hybridized carbons (Fsp3) is 0.417. The number of fused-ring (bicyclic) bond motifs is 1. The highest BCUT2D eigenvalue weighted by Crippen LogP contribution is 2.17. The molecule has 0 spiro atoms. The summed E-state index contributed by atoms with van der Waals surface area (Å²) in [6, 6.07) is 6.06. The number of rotatable bonds is 4. The number of hydrogen-bond acceptors (Lipinski definition) is 3. The standard InChI is InChI=1S/C12H16N2O/c1-9-5-6-11-10(8-9)14-12(15-11)4-2-3-7-13/h5-6,8H,2-4,7,13H2,1H3. The Hall–Kier alpha value is -1.35. The third-order valence-corrected chi connectivity index (χ3v) is 2.43. The zero-order valence-corrected chi connectivity index (χ0v) is 8.99. The van der Waals surface area contributed by atoms with Gasteiger partial charge < -0.3 is 10.2 Å². The lowest BCUT2D eigenvalue weighted by molar-refractivity contribution is 0.515. The third-order valence-electron chi connectivity index (χ3n) is 2.43.